The van der Waals surface area contributed by atoms with Gasteiger partial charge in [-0.25, -0.2) is 9.97 Å². The fraction of sp³-hybridized carbons (Fsp3) is 0.310. The SMILES string of the molecule is CCOc1ccc(C(C)NC(=O)/C(C=N)=C/Nc2nc(-c3cc(C)c4c(c3)CN(C)CC4)cnc2N)c(Cl)c1. The lowest BCUT2D eigenvalue weighted by Crippen LogP contribution is -2.29. The number of ether oxygens (including phenoxy) is 1. The Labute approximate surface area is 233 Å². The Morgan fingerprint density at radius 1 is 1.33 bits per heavy atom. The number of likely N-dealkylation sites (N-methyl/N-ethyl adjacent to an activating group) is 1. The van der Waals surface area contributed by atoms with Crippen LogP contribution in [0.15, 0.2) is 48.3 Å². The quantitative estimate of drug-likeness (QED) is 0.221. The molecule has 0 saturated heterocycles. The van der Waals surface area contributed by atoms with E-state index < -0.39 is 11.9 Å². The molecule has 204 valence electrons. The maximum atomic E-state index is 12.9. The summed E-state index contributed by atoms with van der Waals surface area (Å²) in [5, 5.41) is 14.1. The Balaban J connectivity index is 1.51. The highest BCUT2D eigenvalue weighted by Gasteiger charge is 2.18. The first-order chi connectivity index (χ1) is 18.7. The molecule has 2 aromatic carbocycles. The Hall–Kier alpha value is -3.95. The minimum Gasteiger partial charge on any atom is -0.494 e. The number of halogens is 1. The molecule has 0 aliphatic carbocycles. The number of aromatic nitrogens is 2. The second kappa shape index (κ2) is 12.3. The molecular formula is C29H34ClN7O2. The van der Waals surface area contributed by atoms with Crippen LogP contribution in [-0.2, 0) is 17.8 Å². The zero-order valence-corrected chi connectivity index (χ0v) is 23.4. The molecule has 4 rings (SSSR count). The van der Waals surface area contributed by atoms with Crippen molar-refractivity contribution in [3.63, 3.8) is 0 Å². The van der Waals surface area contributed by atoms with Gasteiger partial charge in [0.15, 0.2) is 11.6 Å². The predicted molar refractivity (Wildman–Crippen MR) is 156 cm³/mol. The Morgan fingerprint density at radius 3 is 2.85 bits per heavy atom. The first-order valence-corrected chi connectivity index (χ1v) is 13.2. The van der Waals surface area contributed by atoms with Crippen LogP contribution in [0.25, 0.3) is 11.3 Å². The van der Waals surface area contributed by atoms with Crippen LogP contribution in [0.1, 0.15) is 42.1 Å². The van der Waals surface area contributed by atoms with Crippen LogP contribution in [0.4, 0.5) is 11.6 Å². The number of amides is 1. The highest BCUT2D eigenvalue weighted by Crippen LogP contribution is 2.30. The summed E-state index contributed by atoms with van der Waals surface area (Å²) in [5.41, 5.74) is 12.4. The van der Waals surface area contributed by atoms with E-state index >= 15 is 0 Å². The third-order valence-electron chi connectivity index (χ3n) is 6.72. The van der Waals surface area contributed by atoms with Gasteiger partial charge in [-0.2, -0.15) is 0 Å². The van der Waals surface area contributed by atoms with Crippen molar-refractivity contribution >= 4 is 35.4 Å². The van der Waals surface area contributed by atoms with Gasteiger partial charge < -0.3 is 31.4 Å². The fourth-order valence-electron chi connectivity index (χ4n) is 4.65. The van der Waals surface area contributed by atoms with Crippen molar-refractivity contribution in [1.29, 1.82) is 5.41 Å². The van der Waals surface area contributed by atoms with Gasteiger partial charge in [0.1, 0.15) is 5.75 Å². The van der Waals surface area contributed by atoms with Crippen molar-refractivity contribution in [3.8, 4) is 17.0 Å². The number of aryl methyl sites for hydroxylation is 1. The molecule has 10 heteroatoms. The van der Waals surface area contributed by atoms with Crippen LogP contribution in [0.5, 0.6) is 5.75 Å². The van der Waals surface area contributed by atoms with Crippen molar-refractivity contribution in [2.45, 2.75) is 39.8 Å². The lowest BCUT2D eigenvalue weighted by atomic mass is 9.92. The first kappa shape index (κ1) is 28.1. The molecule has 39 heavy (non-hydrogen) atoms. The van der Waals surface area contributed by atoms with E-state index in [-0.39, 0.29) is 11.4 Å². The summed E-state index contributed by atoms with van der Waals surface area (Å²) in [7, 11) is 2.12. The third kappa shape index (κ3) is 6.55. The van der Waals surface area contributed by atoms with Gasteiger partial charge in [-0.1, -0.05) is 17.7 Å². The van der Waals surface area contributed by atoms with Crippen LogP contribution in [0, 0.1) is 12.3 Å². The maximum absolute atomic E-state index is 12.9. The second-order valence-electron chi connectivity index (χ2n) is 9.61. The number of carbonyl (C=O) groups is 1. The van der Waals surface area contributed by atoms with Gasteiger partial charge in [-0.3, -0.25) is 4.79 Å². The minimum absolute atomic E-state index is 0.0863. The van der Waals surface area contributed by atoms with Crippen LogP contribution in [-0.4, -0.2) is 47.2 Å². The third-order valence-corrected chi connectivity index (χ3v) is 7.05. The first-order valence-electron chi connectivity index (χ1n) is 12.8. The van der Waals surface area contributed by atoms with E-state index in [0.717, 1.165) is 36.9 Å². The number of rotatable bonds is 9. The molecule has 2 heterocycles. The highest BCUT2D eigenvalue weighted by atomic mass is 35.5. The van der Waals surface area contributed by atoms with E-state index in [0.29, 0.717) is 28.9 Å². The molecule has 0 bridgehead atoms. The number of hydrogen-bond donors (Lipinski definition) is 4. The van der Waals surface area contributed by atoms with Gasteiger partial charge in [0.2, 0.25) is 0 Å². The average Bonchev–Trinajstić information content (AvgIpc) is 2.89. The van der Waals surface area contributed by atoms with E-state index in [2.05, 4.69) is 51.6 Å². The van der Waals surface area contributed by atoms with Crippen molar-refractivity contribution in [1.82, 2.24) is 20.2 Å². The van der Waals surface area contributed by atoms with Gasteiger partial charge in [0.05, 0.1) is 30.1 Å². The lowest BCUT2D eigenvalue weighted by molar-refractivity contribution is -0.117. The highest BCUT2D eigenvalue weighted by molar-refractivity contribution is 6.31. The number of hydrogen-bond acceptors (Lipinski definition) is 8. The van der Waals surface area contributed by atoms with Crippen LogP contribution in [0.3, 0.4) is 0 Å². The molecule has 0 spiro atoms. The summed E-state index contributed by atoms with van der Waals surface area (Å²) in [6.45, 7) is 8.30. The van der Waals surface area contributed by atoms with E-state index in [4.69, 9.17) is 27.5 Å². The number of nitrogens with zero attached hydrogens (tertiary/aromatic N) is 3. The Kier molecular flexibility index (Phi) is 8.83. The molecule has 1 atom stereocenters. The van der Waals surface area contributed by atoms with Gasteiger partial charge in [0.25, 0.3) is 5.91 Å². The predicted octanol–water partition coefficient (Wildman–Crippen LogP) is 4.90. The molecule has 1 unspecified atom stereocenters. The lowest BCUT2D eigenvalue weighted by Gasteiger charge is -2.27. The number of benzene rings is 2. The minimum atomic E-state index is -0.452. The molecular weight excluding hydrogens is 514 g/mol. The van der Waals surface area contributed by atoms with Gasteiger partial charge in [-0.05, 0) is 80.8 Å². The van der Waals surface area contributed by atoms with Crippen LogP contribution in [0.2, 0.25) is 5.02 Å². The van der Waals surface area contributed by atoms with Crippen molar-refractivity contribution in [2.75, 3.05) is 31.2 Å². The summed E-state index contributed by atoms with van der Waals surface area (Å²) in [5.74, 6) is 0.693. The number of carbonyl (C=O) groups excluding carboxylic acids is 1. The van der Waals surface area contributed by atoms with Gasteiger partial charge in [0, 0.05) is 36.1 Å². The zero-order chi connectivity index (χ0) is 28.1. The Bertz CT molecular complexity index is 1420. The topological polar surface area (TPSA) is 129 Å². The molecule has 0 radical (unpaired) electrons. The van der Waals surface area contributed by atoms with Gasteiger partial charge in [-0.15, -0.1) is 0 Å². The molecule has 1 amide bonds. The van der Waals surface area contributed by atoms with Crippen molar-refractivity contribution in [2.24, 2.45) is 0 Å². The summed E-state index contributed by atoms with van der Waals surface area (Å²) in [4.78, 5) is 24.2. The van der Waals surface area contributed by atoms with E-state index in [1.54, 1.807) is 18.3 Å². The standard InChI is InChI=1S/C29H34ClN7O2/c1-5-39-22-6-7-24(25(30)12-22)18(3)35-29(38)21(13-31)14-34-28-27(32)33-15-26(36-28)19-10-17(2)23-8-9-37(4)16-20(23)11-19/h6-7,10-15,18,31H,5,8-9,16H2,1-4H3,(H2,32,33)(H,34,36)(H,35,38)/b21-14+,31-13?. The summed E-state index contributed by atoms with van der Waals surface area (Å²) >= 11 is 6.40. The molecule has 0 saturated carbocycles. The molecule has 1 aromatic heterocycles. The largest absolute Gasteiger partial charge is 0.494 e. The van der Waals surface area contributed by atoms with E-state index in [1.165, 1.54) is 22.9 Å². The van der Waals surface area contributed by atoms with Gasteiger partial charge >= 0.3 is 0 Å². The number of nitrogen functional groups attached to an aromatic ring is 1. The summed E-state index contributed by atoms with van der Waals surface area (Å²) < 4.78 is 5.47. The molecule has 1 aliphatic rings. The van der Waals surface area contributed by atoms with Crippen LogP contribution < -0.4 is 21.1 Å². The fourth-order valence-corrected chi connectivity index (χ4v) is 4.98. The normalized spacial score (nSPS) is 14.3. The zero-order valence-electron chi connectivity index (χ0n) is 22.6. The average molecular weight is 548 g/mol. The second-order valence-corrected chi connectivity index (χ2v) is 10.0. The monoisotopic (exact) mass is 547 g/mol. The number of fused-ring (bicyclic) bond motifs is 1. The van der Waals surface area contributed by atoms with Crippen molar-refractivity contribution < 1.29 is 9.53 Å². The van der Waals surface area contributed by atoms with E-state index in [9.17, 15) is 4.79 Å². The molecule has 0 fully saturated rings. The molecule has 3 aromatic rings. The summed E-state index contributed by atoms with van der Waals surface area (Å²) in [6, 6.07) is 9.21. The smallest absolute Gasteiger partial charge is 0.254 e. The van der Waals surface area contributed by atoms with Crippen LogP contribution >= 0.6 is 11.6 Å². The molecule has 5 N–H and O–H groups in total. The maximum Gasteiger partial charge on any atom is 0.254 e. The number of nitrogens with one attached hydrogen (secondary N) is 3. The van der Waals surface area contributed by atoms with E-state index in [1.807, 2.05) is 19.9 Å². The number of nitrogens with two attached hydrogens (primary N) is 1. The Morgan fingerprint density at radius 2 is 2.13 bits per heavy atom. The number of anilines is 2. The summed E-state index contributed by atoms with van der Waals surface area (Å²) in [6.07, 6.45) is 5.03. The molecule has 9 nitrogen and oxygen atoms in total. The van der Waals surface area contributed by atoms with Crippen molar-refractivity contribution in [3.05, 3.63) is 75.6 Å². The molecule has 1 aliphatic heterocycles.